The van der Waals surface area contributed by atoms with Gasteiger partial charge in [0.1, 0.15) is 0 Å². The van der Waals surface area contributed by atoms with Crippen LogP contribution in [0.15, 0.2) is 41.8 Å². The van der Waals surface area contributed by atoms with Crippen molar-refractivity contribution < 1.29 is 9.59 Å². The standard InChI is InChI=1S/C21H26N2O2S/c1-14(2)20(15(3)24)22-19(25)13-23-11-9-18-17(10-12-26-18)21(23)16-7-5-4-6-8-16/h4-8,10,12,14,20-21H,9,11,13H2,1-3H3,(H,22,25)/t20-,21+/m1/s1. The van der Waals surface area contributed by atoms with Crippen molar-refractivity contribution in [1.82, 2.24) is 10.2 Å². The van der Waals surface area contributed by atoms with Gasteiger partial charge >= 0.3 is 0 Å². The minimum Gasteiger partial charge on any atom is -0.345 e. The van der Waals surface area contributed by atoms with Crippen LogP contribution in [-0.2, 0) is 16.0 Å². The van der Waals surface area contributed by atoms with Crippen molar-refractivity contribution in [3.63, 3.8) is 0 Å². The number of nitrogens with one attached hydrogen (secondary N) is 1. The second-order valence-electron chi connectivity index (χ2n) is 7.23. The first-order chi connectivity index (χ1) is 12.5. The van der Waals surface area contributed by atoms with Gasteiger partial charge in [0, 0.05) is 11.4 Å². The summed E-state index contributed by atoms with van der Waals surface area (Å²) in [5.41, 5.74) is 2.50. The third kappa shape index (κ3) is 4.05. The van der Waals surface area contributed by atoms with Gasteiger partial charge in [-0.1, -0.05) is 44.2 Å². The molecule has 0 aliphatic carbocycles. The number of thiophene rings is 1. The predicted molar refractivity (Wildman–Crippen MR) is 105 cm³/mol. The molecule has 0 saturated heterocycles. The molecule has 0 radical (unpaired) electrons. The van der Waals surface area contributed by atoms with Crippen LogP contribution in [0.1, 0.15) is 42.8 Å². The molecule has 0 unspecified atom stereocenters. The highest BCUT2D eigenvalue weighted by molar-refractivity contribution is 7.10. The van der Waals surface area contributed by atoms with Crippen molar-refractivity contribution >= 4 is 23.0 Å². The molecule has 1 N–H and O–H groups in total. The van der Waals surface area contributed by atoms with Gasteiger partial charge in [-0.05, 0) is 41.8 Å². The van der Waals surface area contributed by atoms with Gasteiger partial charge in [-0.2, -0.15) is 0 Å². The summed E-state index contributed by atoms with van der Waals surface area (Å²) in [5.74, 6) is 0.0106. The number of hydrogen-bond donors (Lipinski definition) is 1. The number of amides is 1. The van der Waals surface area contributed by atoms with Crippen molar-refractivity contribution in [3.8, 4) is 0 Å². The smallest absolute Gasteiger partial charge is 0.234 e. The van der Waals surface area contributed by atoms with Crippen molar-refractivity contribution in [3.05, 3.63) is 57.8 Å². The summed E-state index contributed by atoms with van der Waals surface area (Å²) >= 11 is 1.79. The van der Waals surface area contributed by atoms with Gasteiger partial charge < -0.3 is 5.32 Å². The molecule has 2 aromatic rings. The largest absolute Gasteiger partial charge is 0.345 e. The van der Waals surface area contributed by atoms with E-state index in [0.717, 1.165) is 13.0 Å². The van der Waals surface area contributed by atoms with Gasteiger partial charge in [-0.25, -0.2) is 0 Å². The zero-order valence-corrected chi connectivity index (χ0v) is 16.4. The first-order valence-electron chi connectivity index (χ1n) is 9.12. The van der Waals surface area contributed by atoms with Gasteiger partial charge in [0.2, 0.25) is 5.91 Å². The second-order valence-corrected chi connectivity index (χ2v) is 8.23. The molecule has 1 aromatic heterocycles. The molecule has 0 fully saturated rings. The number of ketones is 1. The Balaban J connectivity index is 1.80. The number of hydrogen-bond acceptors (Lipinski definition) is 4. The quantitative estimate of drug-likeness (QED) is 0.848. The highest BCUT2D eigenvalue weighted by Crippen LogP contribution is 2.37. The van der Waals surface area contributed by atoms with Crippen LogP contribution in [0.2, 0.25) is 0 Å². The topological polar surface area (TPSA) is 49.4 Å². The van der Waals surface area contributed by atoms with E-state index in [4.69, 9.17) is 0 Å². The lowest BCUT2D eigenvalue weighted by Crippen LogP contribution is -2.49. The van der Waals surface area contributed by atoms with E-state index in [1.807, 2.05) is 32.0 Å². The first-order valence-corrected chi connectivity index (χ1v) is 10.0. The van der Waals surface area contributed by atoms with E-state index in [-0.39, 0.29) is 23.7 Å². The SMILES string of the molecule is CC(=O)[C@H](NC(=O)CN1CCc2sccc2[C@@H]1c1ccccc1)C(C)C. The lowest BCUT2D eigenvalue weighted by atomic mass is 9.93. The summed E-state index contributed by atoms with van der Waals surface area (Å²) in [6.07, 6.45) is 0.962. The van der Waals surface area contributed by atoms with Crippen LogP contribution in [0.3, 0.4) is 0 Å². The molecule has 5 heteroatoms. The molecule has 1 aromatic carbocycles. The molecule has 0 spiro atoms. The highest BCUT2D eigenvalue weighted by atomic mass is 32.1. The Morgan fingerprint density at radius 1 is 1.23 bits per heavy atom. The molecular weight excluding hydrogens is 344 g/mol. The number of Topliss-reactive ketones (excluding diaryl/α,β-unsaturated/α-hetero) is 1. The van der Waals surface area contributed by atoms with Crippen LogP contribution in [0.25, 0.3) is 0 Å². The number of nitrogens with zero attached hydrogens (tertiary/aromatic N) is 1. The lowest BCUT2D eigenvalue weighted by Gasteiger charge is -2.36. The van der Waals surface area contributed by atoms with Crippen LogP contribution in [0.4, 0.5) is 0 Å². The molecule has 1 aliphatic heterocycles. The number of rotatable bonds is 6. The van der Waals surface area contributed by atoms with Crippen LogP contribution < -0.4 is 5.32 Å². The number of carbonyl (C=O) groups is 2. The van der Waals surface area contributed by atoms with Gasteiger partial charge in [-0.3, -0.25) is 14.5 Å². The Kier molecular flexibility index (Phi) is 5.89. The van der Waals surface area contributed by atoms with Crippen LogP contribution in [0, 0.1) is 5.92 Å². The Labute approximate surface area is 159 Å². The molecule has 1 amide bonds. The zero-order valence-electron chi connectivity index (χ0n) is 15.6. The maximum Gasteiger partial charge on any atom is 0.234 e. The number of fused-ring (bicyclic) bond motifs is 1. The summed E-state index contributed by atoms with van der Waals surface area (Å²) in [6.45, 7) is 6.59. The van der Waals surface area contributed by atoms with Gasteiger partial charge in [0.15, 0.2) is 5.78 Å². The molecule has 4 nitrogen and oxygen atoms in total. The van der Waals surface area contributed by atoms with Crippen LogP contribution >= 0.6 is 11.3 Å². The highest BCUT2D eigenvalue weighted by Gasteiger charge is 2.31. The van der Waals surface area contributed by atoms with Gasteiger partial charge in [0.05, 0.1) is 18.6 Å². The summed E-state index contributed by atoms with van der Waals surface area (Å²) < 4.78 is 0. The van der Waals surface area contributed by atoms with E-state index in [9.17, 15) is 9.59 Å². The third-order valence-corrected chi connectivity index (χ3v) is 5.95. The summed E-state index contributed by atoms with van der Waals surface area (Å²) in [4.78, 5) is 28.1. The molecule has 3 rings (SSSR count). The van der Waals surface area contributed by atoms with E-state index in [1.165, 1.54) is 22.9 Å². The molecule has 0 bridgehead atoms. The van der Waals surface area contributed by atoms with Crippen molar-refractivity contribution in [2.75, 3.05) is 13.1 Å². The molecule has 0 saturated carbocycles. The molecular formula is C21H26N2O2S. The van der Waals surface area contributed by atoms with E-state index in [1.54, 1.807) is 11.3 Å². The monoisotopic (exact) mass is 370 g/mol. The predicted octanol–water partition coefficient (Wildman–Crippen LogP) is 3.43. The fraction of sp³-hybridized carbons (Fsp3) is 0.429. The average Bonchev–Trinajstić information content (AvgIpc) is 3.08. The second kappa shape index (κ2) is 8.14. The van der Waals surface area contributed by atoms with Crippen molar-refractivity contribution in [2.45, 2.75) is 39.3 Å². The molecule has 2 heterocycles. The van der Waals surface area contributed by atoms with E-state index in [0.29, 0.717) is 6.54 Å². The zero-order chi connectivity index (χ0) is 18.7. The summed E-state index contributed by atoms with van der Waals surface area (Å²) in [6, 6.07) is 12.2. The average molecular weight is 371 g/mol. The van der Waals surface area contributed by atoms with Gasteiger partial charge in [-0.15, -0.1) is 11.3 Å². The first kappa shape index (κ1) is 18.8. The normalized spacial score (nSPS) is 18.4. The molecule has 1 aliphatic rings. The van der Waals surface area contributed by atoms with Crippen molar-refractivity contribution in [1.29, 1.82) is 0 Å². The molecule has 26 heavy (non-hydrogen) atoms. The fourth-order valence-corrected chi connectivity index (χ4v) is 4.61. The Morgan fingerprint density at radius 2 is 1.96 bits per heavy atom. The maximum atomic E-state index is 12.7. The summed E-state index contributed by atoms with van der Waals surface area (Å²) in [5, 5.41) is 5.06. The number of benzene rings is 1. The Bertz CT molecular complexity index is 769. The summed E-state index contributed by atoms with van der Waals surface area (Å²) in [7, 11) is 0. The van der Waals surface area contributed by atoms with E-state index < -0.39 is 6.04 Å². The maximum absolute atomic E-state index is 12.7. The Hall–Kier alpha value is -1.98. The Morgan fingerprint density at radius 3 is 2.62 bits per heavy atom. The van der Waals surface area contributed by atoms with Crippen LogP contribution in [-0.4, -0.2) is 35.7 Å². The lowest BCUT2D eigenvalue weighted by molar-refractivity contribution is -0.128. The molecule has 138 valence electrons. The van der Waals surface area contributed by atoms with Crippen molar-refractivity contribution in [2.24, 2.45) is 5.92 Å². The molecule has 2 atom stereocenters. The minimum absolute atomic E-state index is 0.00623. The van der Waals surface area contributed by atoms with Gasteiger partial charge in [0.25, 0.3) is 0 Å². The third-order valence-electron chi connectivity index (χ3n) is 4.95. The van der Waals surface area contributed by atoms with E-state index in [2.05, 4.69) is 33.8 Å². The fourth-order valence-electron chi connectivity index (χ4n) is 3.71. The minimum atomic E-state index is -0.417. The number of carbonyl (C=O) groups excluding carboxylic acids is 2. The van der Waals surface area contributed by atoms with E-state index >= 15 is 0 Å². The van der Waals surface area contributed by atoms with Crippen LogP contribution in [0.5, 0.6) is 0 Å².